The third-order valence-electron chi connectivity index (χ3n) is 13.7. The number of carbonyl (C=O) groups excluding carboxylic acids is 5. The van der Waals surface area contributed by atoms with Crippen LogP contribution in [0.2, 0.25) is 0 Å². The molecule has 0 aliphatic carbocycles. The lowest BCUT2D eigenvalue weighted by Crippen LogP contribution is -2.57. The second-order valence-corrected chi connectivity index (χ2v) is 21.2. The third kappa shape index (κ3) is 13.7. The highest BCUT2D eigenvalue weighted by Crippen LogP contribution is 2.37. The van der Waals surface area contributed by atoms with Crippen molar-refractivity contribution in [1.29, 1.82) is 0 Å². The number of aliphatic hydroxyl groups excluding tert-OH is 1. The molecular formula is C54H63F4N9O8S. The Morgan fingerprint density at radius 3 is 2.25 bits per heavy atom. The molecule has 2 aliphatic heterocycles. The fourth-order valence-electron chi connectivity index (χ4n) is 9.27. The zero-order chi connectivity index (χ0) is 55.2. The fourth-order valence-corrected chi connectivity index (χ4v) is 10.1. The van der Waals surface area contributed by atoms with Gasteiger partial charge in [-0.2, -0.15) is 13.2 Å². The van der Waals surface area contributed by atoms with Crippen LogP contribution in [-0.2, 0) is 31.8 Å². The SMILES string of the molecule is Cc1ncsc1-c1ccc(CNC(=O)[C@@H]2C[C@@H](O)CN2C(=O)C(NC(=O)CCOCCNC(=O)c2ccc(-c3ccc(N4C[C@@H](C)N(C)[C@@H](C)C4)c(NC(=O)c4c[nH]c(=O)cc4C(F)(F)F)c3)c(F)c2)C(C)(C)C)cc1. The number of rotatable bonds is 17. The lowest BCUT2D eigenvalue weighted by molar-refractivity contribution is -0.144. The minimum Gasteiger partial charge on any atom is -0.391 e. The van der Waals surface area contributed by atoms with Crippen molar-refractivity contribution in [2.45, 2.75) is 97.4 Å². The molecule has 5 atom stereocenters. The predicted octanol–water partition coefficient (Wildman–Crippen LogP) is 6.36. The molecule has 406 valence electrons. The van der Waals surface area contributed by atoms with Crippen LogP contribution in [0.15, 0.2) is 83.2 Å². The number of pyridine rings is 1. The summed E-state index contributed by atoms with van der Waals surface area (Å²) in [5.74, 6) is -4.01. The average Bonchev–Trinajstić information content (AvgIpc) is 3.99. The molecular weight excluding hydrogens is 1010 g/mol. The number of likely N-dealkylation sites (tertiary alicyclic amines) is 1. The van der Waals surface area contributed by atoms with E-state index in [1.54, 1.807) is 49.8 Å². The number of β-amino-alcohol motifs (C(OH)–C–C–N with tert-alkyl or cyclic N) is 1. The molecule has 0 bridgehead atoms. The highest BCUT2D eigenvalue weighted by molar-refractivity contribution is 7.13. The zero-order valence-electron chi connectivity index (χ0n) is 43.3. The van der Waals surface area contributed by atoms with Crippen molar-refractivity contribution in [3.05, 3.63) is 123 Å². The van der Waals surface area contributed by atoms with E-state index < -0.39 is 81.8 Å². The van der Waals surface area contributed by atoms with E-state index in [1.165, 1.54) is 23.1 Å². The molecule has 22 heteroatoms. The molecule has 0 saturated carbocycles. The van der Waals surface area contributed by atoms with Crippen molar-refractivity contribution >= 4 is 52.2 Å². The number of H-pyrrole nitrogens is 1. The van der Waals surface area contributed by atoms with Crippen LogP contribution >= 0.6 is 11.3 Å². The molecule has 2 aromatic heterocycles. The van der Waals surface area contributed by atoms with Crippen LogP contribution in [0, 0.1) is 18.2 Å². The van der Waals surface area contributed by atoms with Crippen molar-refractivity contribution in [2.24, 2.45) is 5.41 Å². The van der Waals surface area contributed by atoms with Gasteiger partial charge in [-0.25, -0.2) is 9.37 Å². The molecule has 17 nitrogen and oxygen atoms in total. The Kier molecular flexibility index (Phi) is 17.8. The maximum Gasteiger partial charge on any atom is 0.417 e. The first-order valence-electron chi connectivity index (χ1n) is 24.8. The first-order chi connectivity index (χ1) is 35.9. The summed E-state index contributed by atoms with van der Waals surface area (Å²) >= 11 is 1.54. The number of hydrogen-bond acceptors (Lipinski definition) is 12. The van der Waals surface area contributed by atoms with Gasteiger partial charge in [-0.3, -0.25) is 33.7 Å². The van der Waals surface area contributed by atoms with Gasteiger partial charge >= 0.3 is 6.18 Å². The zero-order valence-corrected chi connectivity index (χ0v) is 44.1. The largest absolute Gasteiger partial charge is 0.417 e. The number of likely N-dealkylation sites (N-methyl/N-ethyl adjacent to an activating group) is 1. The number of carbonyl (C=O) groups is 5. The van der Waals surface area contributed by atoms with Gasteiger partial charge in [0.2, 0.25) is 23.3 Å². The number of amides is 5. The van der Waals surface area contributed by atoms with Crippen LogP contribution in [0.25, 0.3) is 21.6 Å². The first-order valence-corrected chi connectivity index (χ1v) is 25.7. The third-order valence-corrected chi connectivity index (χ3v) is 14.7. The Labute approximate surface area is 441 Å². The van der Waals surface area contributed by atoms with Crippen molar-refractivity contribution in [3.63, 3.8) is 0 Å². The van der Waals surface area contributed by atoms with Crippen molar-refractivity contribution in [3.8, 4) is 21.6 Å². The van der Waals surface area contributed by atoms with E-state index in [0.29, 0.717) is 31.0 Å². The van der Waals surface area contributed by atoms with E-state index in [2.05, 4.69) is 36.1 Å². The monoisotopic (exact) mass is 1070 g/mol. The number of nitrogens with one attached hydrogen (secondary N) is 5. The first kappa shape index (κ1) is 56.7. The van der Waals surface area contributed by atoms with Crippen LogP contribution in [0.4, 0.5) is 28.9 Å². The molecule has 0 radical (unpaired) electrons. The molecule has 3 aromatic carbocycles. The van der Waals surface area contributed by atoms with Crippen molar-refractivity contribution in [2.75, 3.05) is 56.7 Å². The number of anilines is 2. The average molecular weight is 1070 g/mol. The van der Waals surface area contributed by atoms with Gasteiger partial charge in [-0.15, -0.1) is 11.3 Å². The number of aromatic nitrogens is 2. The van der Waals surface area contributed by atoms with E-state index in [9.17, 15) is 47.0 Å². The smallest absolute Gasteiger partial charge is 0.391 e. The van der Waals surface area contributed by atoms with Crippen LogP contribution in [0.5, 0.6) is 0 Å². The molecule has 5 aromatic rings. The fraction of sp³-hybridized carbons (Fsp3) is 0.426. The Balaban J connectivity index is 0.914. The number of halogens is 4. The number of alkyl halides is 3. The molecule has 1 unspecified atom stereocenters. The summed E-state index contributed by atoms with van der Waals surface area (Å²) in [7, 11) is 1.98. The number of piperazine rings is 1. The van der Waals surface area contributed by atoms with Gasteiger partial charge in [0.15, 0.2) is 0 Å². The number of aromatic amines is 1. The second kappa shape index (κ2) is 23.9. The molecule has 4 heterocycles. The number of thiazole rings is 1. The van der Waals surface area contributed by atoms with E-state index in [-0.39, 0.29) is 80.2 Å². The minimum atomic E-state index is -5.01. The van der Waals surface area contributed by atoms with Gasteiger partial charge in [-0.1, -0.05) is 57.2 Å². The topological polar surface area (TPSA) is 218 Å². The molecule has 5 amide bonds. The molecule has 2 saturated heterocycles. The van der Waals surface area contributed by atoms with Gasteiger partial charge in [0.25, 0.3) is 11.8 Å². The minimum absolute atomic E-state index is 0.00899. The molecule has 2 aliphatic rings. The highest BCUT2D eigenvalue weighted by Gasteiger charge is 2.44. The number of aliphatic hydroxyl groups is 1. The standard InChI is InChI=1S/C54H63F4N9O8S/c1-30-26-66(27-31(2)65(30)7)43-15-13-35(21-42(43)63-50(72)39-25-60-46(70)23-40(39)54(56,57)58)38-14-12-36(20-41(38)55)49(71)59-17-19-75-18-16-45(69)64-48(53(4,5)6)52(74)67-28-37(68)22-44(67)51(73)61-24-33-8-10-34(11-9-33)47-32(3)62-29-76-47/h8-15,20-21,23,25,29-31,37,44,48,68H,16-19,22,24,26-28H2,1-7H3,(H,59,71)(H,60,70)(H,61,73)(H,63,72)(H,64,69)/t30-,31+,37-,44+,48?/m1/s1. The quantitative estimate of drug-likeness (QED) is 0.0445. The molecule has 0 spiro atoms. The number of ether oxygens (including phenoxy) is 1. The van der Waals surface area contributed by atoms with Gasteiger partial charge in [0.1, 0.15) is 17.9 Å². The number of nitrogens with zero attached hydrogens (tertiary/aromatic N) is 4. The number of aryl methyl sites for hydroxylation is 1. The molecule has 76 heavy (non-hydrogen) atoms. The predicted molar refractivity (Wildman–Crippen MR) is 280 cm³/mol. The van der Waals surface area contributed by atoms with Gasteiger partial charge in [-0.05, 0) is 74.2 Å². The Bertz CT molecular complexity index is 2990. The van der Waals surface area contributed by atoms with Crippen LogP contribution in [0.3, 0.4) is 0 Å². The second-order valence-electron chi connectivity index (χ2n) is 20.3. The lowest BCUT2D eigenvalue weighted by atomic mass is 9.85. The van der Waals surface area contributed by atoms with E-state index in [1.807, 2.05) is 57.0 Å². The highest BCUT2D eigenvalue weighted by atomic mass is 32.1. The van der Waals surface area contributed by atoms with Crippen LogP contribution < -0.4 is 31.7 Å². The summed E-state index contributed by atoms with van der Waals surface area (Å²) in [5.41, 5.74) is 1.38. The molecule has 2 fully saturated rings. The lowest BCUT2D eigenvalue weighted by Gasteiger charge is -2.44. The van der Waals surface area contributed by atoms with E-state index in [0.717, 1.165) is 27.8 Å². The van der Waals surface area contributed by atoms with Crippen molar-refractivity contribution < 1.29 is 51.4 Å². The van der Waals surface area contributed by atoms with E-state index in [4.69, 9.17) is 4.74 Å². The number of hydrogen-bond donors (Lipinski definition) is 6. The van der Waals surface area contributed by atoms with Gasteiger partial charge in [0.05, 0.1) is 57.9 Å². The van der Waals surface area contributed by atoms with Gasteiger partial charge in [0, 0.05) is 81.0 Å². The summed E-state index contributed by atoms with van der Waals surface area (Å²) in [6, 6.07) is 14.7. The summed E-state index contributed by atoms with van der Waals surface area (Å²) in [6.07, 6.45) is -5.35. The van der Waals surface area contributed by atoms with Crippen LogP contribution in [0.1, 0.15) is 85.0 Å². The van der Waals surface area contributed by atoms with Crippen LogP contribution in [-0.4, -0.2) is 131 Å². The maximum atomic E-state index is 15.9. The maximum absolute atomic E-state index is 15.9. The number of benzene rings is 3. The van der Waals surface area contributed by atoms with Crippen molar-refractivity contribution in [1.82, 2.24) is 35.7 Å². The summed E-state index contributed by atoms with van der Waals surface area (Å²) < 4.78 is 63.4. The van der Waals surface area contributed by atoms with Gasteiger partial charge < -0.3 is 45.9 Å². The normalized spacial score (nSPS) is 18.5. The Hall–Kier alpha value is -7.01. The van der Waals surface area contributed by atoms with E-state index >= 15 is 4.39 Å². The summed E-state index contributed by atoms with van der Waals surface area (Å²) in [6.45, 7) is 12.3. The summed E-state index contributed by atoms with van der Waals surface area (Å²) in [5, 5.41) is 21.5. The Morgan fingerprint density at radius 2 is 1.61 bits per heavy atom. The summed E-state index contributed by atoms with van der Waals surface area (Å²) in [4.78, 5) is 92.1. The molecule has 6 N–H and O–H groups in total. The molecule has 7 rings (SSSR count). The Morgan fingerprint density at radius 1 is 0.908 bits per heavy atom.